The summed E-state index contributed by atoms with van der Waals surface area (Å²) in [5.41, 5.74) is 1.07. The third-order valence-corrected chi connectivity index (χ3v) is 4.35. The fraction of sp³-hybridized carbons (Fsp3) is 0.615. The Bertz CT molecular complexity index is 479. The first kappa shape index (κ1) is 13.1. The molecular weight excluding hydrogens is 329 g/mol. The Hall–Kier alpha value is -0.360. The number of ether oxygens (including phenoxy) is 1. The molecule has 1 aliphatic heterocycles. The van der Waals surface area contributed by atoms with Crippen molar-refractivity contribution in [2.24, 2.45) is 0 Å². The van der Waals surface area contributed by atoms with E-state index in [2.05, 4.69) is 36.4 Å². The minimum Gasteiger partial charge on any atom is -0.370 e. The molecule has 1 aliphatic rings. The van der Waals surface area contributed by atoms with Crippen LogP contribution in [0.2, 0.25) is 0 Å². The van der Waals surface area contributed by atoms with Crippen LogP contribution in [-0.4, -0.2) is 16.3 Å². The molecule has 0 amide bonds. The lowest BCUT2D eigenvalue weighted by Gasteiger charge is -2.20. The minimum atomic E-state index is -0.0356. The molecule has 2 rings (SSSR count). The number of aryl methyl sites for hydroxylation is 1. The van der Waals surface area contributed by atoms with E-state index in [1.54, 1.807) is 10.6 Å². The molecule has 2 heterocycles. The molecule has 1 atom stereocenters. The average Bonchev–Trinajstić information content (AvgIpc) is 2.54. The van der Waals surface area contributed by atoms with Gasteiger partial charge in [0.2, 0.25) is 0 Å². The standard InChI is InChI=1S/C13H18INO2/c1-9-6-12(16)15(8-11(9)14)7-10-4-5-13(2,3)17-10/h6,8,10H,4-5,7H2,1-3H3. The molecule has 0 radical (unpaired) electrons. The van der Waals surface area contributed by atoms with E-state index < -0.39 is 0 Å². The Morgan fingerprint density at radius 3 is 2.88 bits per heavy atom. The Balaban J connectivity index is 2.15. The van der Waals surface area contributed by atoms with Gasteiger partial charge >= 0.3 is 0 Å². The van der Waals surface area contributed by atoms with Gasteiger partial charge < -0.3 is 9.30 Å². The fourth-order valence-corrected chi connectivity index (χ4v) is 2.70. The second-order valence-electron chi connectivity index (χ2n) is 5.33. The van der Waals surface area contributed by atoms with Crippen molar-refractivity contribution in [3.63, 3.8) is 0 Å². The van der Waals surface area contributed by atoms with Crippen LogP contribution in [0, 0.1) is 10.5 Å². The smallest absolute Gasteiger partial charge is 0.250 e. The maximum Gasteiger partial charge on any atom is 0.250 e. The van der Waals surface area contributed by atoms with Crippen molar-refractivity contribution in [2.75, 3.05) is 0 Å². The Kier molecular flexibility index (Phi) is 3.63. The summed E-state index contributed by atoms with van der Waals surface area (Å²) in [6, 6.07) is 1.70. The molecule has 0 spiro atoms. The Morgan fingerprint density at radius 2 is 2.29 bits per heavy atom. The fourth-order valence-electron chi connectivity index (χ4n) is 2.21. The molecule has 1 aromatic rings. The van der Waals surface area contributed by atoms with E-state index in [9.17, 15) is 4.79 Å². The molecule has 17 heavy (non-hydrogen) atoms. The van der Waals surface area contributed by atoms with Gasteiger partial charge in [-0.2, -0.15) is 0 Å². The van der Waals surface area contributed by atoms with E-state index in [-0.39, 0.29) is 17.3 Å². The number of hydrogen-bond donors (Lipinski definition) is 0. The molecule has 0 bridgehead atoms. The number of rotatable bonds is 2. The predicted octanol–water partition coefficient (Wildman–Crippen LogP) is 2.72. The van der Waals surface area contributed by atoms with E-state index in [0.717, 1.165) is 22.0 Å². The number of aromatic nitrogens is 1. The van der Waals surface area contributed by atoms with Gasteiger partial charge in [-0.15, -0.1) is 0 Å². The van der Waals surface area contributed by atoms with Gasteiger partial charge in [-0.25, -0.2) is 0 Å². The number of hydrogen-bond acceptors (Lipinski definition) is 2. The van der Waals surface area contributed by atoms with Crippen LogP contribution in [0.5, 0.6) is 0 Å². The van der Waals surface area contributed by atoms with Gasteiger partial charge in [-0.3, -0.25) is 4.79 Å². The summed E-state index contributed by atoms with van der Waals surface area (Å²) in [5.74, 6) is 0. The Labute approximate surface area is 115 Å². The summed E-state index contributed by atoms with van der Waals surface area (Å²) in [7, 11) is 0. The van der Waals surface area contributed by atoms with E-state index in [1.165, 1.54) is 0 Å². The quantitative estimate of drug-likeness (QED) is 0.771. The summed E-state index contributed by atoms with van der Waals surface area (Å²) < 4.78 is 8.80. The van der Waals surface area contributed by atoms with Crippen LogP contribution in [-0.2, 0) is 11.3 Å². The van der Waals surface area contributed by atoms with Gasteiger partial charge in [0.05, 0.1) is 18.2 Å². The topological polar surface area (TPSA) is 31.2 Å². The van der Waals surface area contributed by atoms with Gasteiger partial charge in [-0.05, 0) is 61.8 Å². The SMILES string of the molecule is Cc1cc(=O)n(CC2CCC(C)(C)O2)cc1I. The largest absolute Gasteiger partial charge is 0.370 e. The zero-order valence-corrected chi connectivity index (χ0v) is 12.7. The molecule has 3 nitrogen and oxygen atoms in total. The second kappa shape index (κ2) is 4.72. The minimum absolute atomic E-state index is 0.0356. The third kappa shape index (κ3) is 3.10. The highest BCUT2D eigenvalue weighted by molar-refractivity contribution is 14.1. The molecular formula is C13H18INO2. The number of halogens is 1. The van der Waals surface area contributed by atoms with Crippen molar-refractivity contribution in [3.8, 4) is 0 Å². The predicted molar refractivity (Wildman–Crippen MR) is 76.3 cm³/mol. The van der Waals surface area contributed by atoms with Crippen LogP contribution in [0.25, 0.3) is 0 Å². The molecule has 4 heteroatoms. The van der Waals surface area contributed by atoms with Gasteiger partial charge in [0.25, 0.3) is 5.56 Å². The van der Waals surface area contributed by atoms with Crippen molar-refractivity contribution < 1.29 is 4.74 Å². The van der Waals surface area contributed by atoms with Crippen LogP contribution >= 0.6 is 22.6 Å². The van der Waals surface area contributed by atoms with Crippen LogP contribution in [0.3, 0.4) is 0 Å². The summed E-state index contributed by atoms with van der Waals surface area (Å²) >= 11 is 2.26. The van der Waals surface area contributed by atoms with Crippen LogP contribution in [0.4, 0.5) is 0 Å². The van der Waals surface area contributed by atoms with Crippen molar-refractivity contribution >= 4 is 22.6 Å². The lowest BCUT2D eigenvalue weighted by molar-refractivity contribution is -0.0220. The van der Waals surface area contributed by atoms with E-state index in [1.807, 2.05) is 13.1 Å². The zero-order chi connectivity index (χ0) is 12.6. The third-order valence-electron chi connectivity index (χ3n) is 3.22. The summed E-state index contributed by atoms with van der Waals surface area (Å²) in [5, 5.41) is 0. The molecule has 0 aromatic carbocycles. The van der Waals surface area contributed by atoms with E-state index in [0.29, 0.717) is 6.54 Å². The van der Waals surface area contributed by atoms with Crippen molar-refractivity contribution in [3.05, 3.63) is 31.8 Å². The van der Waals surface area contributed by atoms with Gasteiger partial charge in [0.1, 0.15) is 0 Å². The summed E-state index contributed by atoms with van der Waals surface area (Å²) in [6.07, 6.45) is 4.19. The highest BCUT2D eigenvalue weighted by atomic mass is 127. The number of nitrogens with zero attached hydrogens (tertiary/aromatic N) is 1. The summed E-state index contributed by atoms with van der Waals surface area (Å²) in [6.45, 7) is 6.84. The molecule has 94 valence electrons. The second-order valence-corrected chi connectivity index (χ2v) is 6.50. The van der Waals surface area contributed by atoms with Crippen molar-refractivity contribution in [2.45, 2.75) is 51.9 Å². The number of pyridine rings is 1. The molecule has 1 unspecified atom stereocenters. The van der Waals surface area contributed by atoms with Crippen molar-refractivity contribution in [1.29, 1.82) is 0 Å². The first-order chi connectivity index (χ1) is 7.87. The maximum absolute atomic E-state index is 11.8. The molecule has 0 aliphatic carbocycles. The van der Waals surface area contributed by atoms with Gasteiger partial charge in [0, 0.05) is 15.8 Å². The molecule has 1 aromatic heterocycles. The highest BCUT2D eigenvalue weighted by Crippen LogP contribution is 2.29. The normalized spacial score (nSPS) is 22.9. The van der Waals surface area contributed by atoms with E-state index >= 15 is 0 Å². The molecule has 0 N–H and O–H groups in total. The lowest BCUT2D eigenvalue weighted by Crippen LogP contribution is -2.28. The van der Waals surface area contributed by atoms with Crippen LogP contribution in [0.15, 0.2) is 17.1 Å². The highest BCUT2D eigenvalue weighted by Gasteiger charge is 2.31. The first-order valence-corrected chi connectivity index (χ1v) is 7.00. The zero-order valence-electron chi connectivity index (χ0n) is 10.5. The monoisotopic (exact) mass is 347 g/mol. The first-order valence-electron chi connectivity index (χ1n) is 5.92. The Morgan fingerprint density at radius 1 is 1.59 bits per heavy atom. The van der Waals surface area contributed by atoms with Crippen LogP contribution in [0.1, 0.15) is 32.3 Å². The lowest BCUT2D eigenvalue weighted by atomic mass is 10.1. The summed E-state index contributed by atoms with van der Waals surface area (Å²) in [4.78, 5) is 11.8. The van der Waals surface area contributed by atoms with Gasteiger partial charge in [0.15, 0.2) is 0 Å². The molecule has 0 saturated carbocycles. The molecule has 1 saturated heterocycles. The van der Waals surface area contributed by atoms with Crippen LogP contribution < -0.4 is 5.56 Å². The van der Waals surface area contributed by atoms with Gasteiger partial charge in [-0.1, -0.05) is 0 Å². The molecule has 1 fully saturated rings. The maximum atomic E-state index is 11.8. The van der Waals surface area contributed by atoms with Crippen molar-refractivity contribution in [1.82, 2.24) is 4.57 Å². The average molecular weight is 347 g/mol. The van der Waals surface area contributed by atoms with E-state index in [4.69, 9.17) is 4.74 Å².